The van der Waals surface area contributed by atoms with E-state index in [-0.39, 0.29) is 24.9 Å². The molecule has 2 heterocycles. The summed E-state index contributed by atoms with van der Waals surface area (Å²) in [7, 11) is 1.68. The highest BCUT2D eigenvalue weighted by Crippen LogP contribution is 2.35. The van der Waals surface area contributed by atoms with Crippen LogP contribution in [0.25, 0.3) is 0 Å². The zero-order chi connectivity index (χ0) is 24.2. The van der Waals surface area contributed by atoms with Gasteiger partial charge in [-0.2, -0.15) is 0 Å². The van der Waals surface area contributed by atoms with Crippen molar-refractivity contribution < 1.29 is 18.8 Å². The van der Waals surface area contributed by atoms with E-state index in [0.29, 0.717) is 24.2 Å². The first-order chi connectivity index (χ1) is 15.5. The van der Waals surface area contributed by atoms with Crippen molar-refractivity contribution in [1.29, 1.82) is 0 Å². The van der Waals surface area contributed by atoms with Crippen LogP contribution in [0.3, 0.4) is 0 Å². The lowest BCUT2D eigenvalue weighted by atomic mass is 9.78. The lowest BCUT2D eigenvalue weighted by Crippen LogP contribution is -2.36. The van der Waals surface area contributed by atoms with Crippen LogP contribution in [0, 0.1) is 5.92 Å². The third-order valence-corrected chi connectivity index (χ3v) is 6.44. The Morgan fingerprint density at radius 3 is 2.67 bits per heavy atom. The predicted octanol–water partition coefficient (Wildman–Crippen LogP) is 5.79. The van der Waals surface area contributed by atoms with Crippen LogP contribution < -0.4 is 0 Å². The first-order valence-corrected chi connectivity index (χ1v) is 12.3. The third kappa shape index (κ3) is 7.26. The first kappa shape index (κ1) is 26.1. The molecule has 0 radical (unpaired) electrons. The highest BCUT2D eigenvalue weighted by Gasteiger charge is 2.48. The summed E-state index contributed by atoms with van der Waals surface area (Å²) in [5, 5.41) is 0.679. The minimum Gasteiger partial charge on any atom is -0.494 e. The monoisotopic (exact) mass is 475 g/mol. The van der Waals surface area contributed by atoms with Crippen LogP contribution in [0.15, 0.2) is 57.9 Å². The molecule has 5 nitrogen and oxygen atoms in total. The lowest BCUT2D eigenvalue weighted by molar-refractivity contribution is 0.0331. The van der Waals surface area contributed by atoms with Crippen molar-refractivity contribution in [2.45, 2.75) is 72.2 Å². The van der Waals surface area contributed by atoms with Gasteiger partial charge in [-0.1, -0.05) is 49.2 Å². The predicted molar refractivity (Wildman–Crippen MR) is 136 cm³/mol. The van der Waals surface area contributed by atoms with E-state index in [1.807, 2.05) is 13.1 Å². The second-order valence-electron chi connectivity index (χ2n) is 10.2. The zero-order valence-electron chi connectivity index (χ0n) is 21.2. The van der Waals surface area contributed by atoms with Crippen molar-refractivity contribution in [2.75, 3.05) is 26.8 Å². The molecule has 3 aliphatic rings. The van der Waals surface area contributed by atoms with Crippen LogP contribution in [-0.2, 0) is 18.8 Å². The summed E-state index contributed by atoms with van der Waals surface area (Å²) >= 11 is 6.46. The maximum Gasteiger partial charge on any atom is 0.496 e. The van der Waals surface area contributed by atoms with Gasteiger partial charge in [-0.15, -0.1) is 0 Å². The molecule has 3 rings (SSSR count). The van der Waals surface area contributed by atoms with E-state index in [1.165, 1.54) is 5.57 Å². The van der Waals surface area contributed by atoms with Crippen LogP contribution in [0.4, 0.5) is 0 Å². The molecule has 0 aromatic carbocycles. The molecule has 2 unspecified atom stereocenters. The summed E-state index contributed by atoms with van der Waals surface area (Å²) in [5.41, 5.74) is 3.16. The molecule has 2 atom stereocenters. The second kappa shape index (κ2) is 11.3. The number of ether oxygens (including phenoxy) is 2. The fraction of sp³-hybridized carbons (Fsp3) is 0.615. The number of rotatable bonds is 7. The summed E-state index contributed by atoms with van der Waals surface area (Å²) in [5.74, 6) is 1.22. The van der Waals surface area contributed by atoms with Gasteiger partial charge in [0.25, 0.3) is 0 Å². The molecule has 0 saturated carbocycles. The molecule has 0 bridgehead atoms. The number of allylic oxidation sites excluding steroid dienone is 8. The van der Waals surface area contributed by atoms with E-state index < -0.39 is 0 Å². The standard InChI is InChI=1S/C26H39BClNO4/c1-18(2)25-26(5,6)33-27(32-25)21-9-10-22(17-29(7)16-21)30-12-13-31-24-11-8-19(3)14-20(4)15-23(24)28/h9-10,14-16,18,22,25H,8,11-13,17H2,1-7H3. The van der Waals surface area contributed by atoms with Gasteiger partial charge in [0, 0.05) is 20.0 Å². The van der Waals surface area contributed by atoms with Crippen LogP contribution >= 0.6 is 11.6 Å². The molecular weight excluding hydrogens is 437 g/mol. The van der Waals surface area contributed by atoms with E-state index in [1.54, 1.807) is 0 Å². The second-order valence-corrected chi connectivity index (χ2v) is 10.6. The largest absolute Gasteiger partial charge is 0.496 e. The molecule has 0 spiro atoms. The minimum absolute atomic E-state index is 0.0447. The molecule has 0 N–H and O–H groups in total. The topological polar surface area (TPSA) is 40.2 Å². The summed E-state index contributed by atoms with van der Waals surface area (Å²) in [4.78, 5) is 2.13. The summed E-state index contributed by atoms with van der Waals surface area (Å²) in [6.07, 6.45) is 12.1. The van der Waals surface area contributed by atoms with Gasteiger partial charge >= 0.3 is 7.12 Å². The van der Waals surface area contributed by atoms with Gasteiger partial charge in [0.15, 0.2) is 0 Å². The molecule has 2 aliphatic heterocycles. The van der Waals surface area contributed by atoms with Crippen molar-refractivity contribution in [3.63, 3.8) is 0 Å². The maximum atomic E-state index is 6.46. The van der Waals surface area contributed by atoms with Gasteiger partial charge in [0.2, 0.25) is 0 Å². The molecule has 182 valence electrons. The number of nitrogens with zero attached hydrogens (tertiary/aromatic N) is 1. The Morgan fingerprint density at radius 2 is 1.97 bits per heavy atom. The van der Waals surface area contributed by atoms with Gasteiger partial charge in [-0.25, -0.2) is 0 Å². The fourth-order valence-corrected chi connectivity index (χ4v) is 4.97. The first-order valence-electron chi connectivity index (χ1n) is 12.0. The normalized spacial score (nSPS) is 26.0. The third-order valence-electron chi connectivity index (χ3n) is 6.12. The van der Waals surface area contributed by atoms with Crippen molar-refractivity contribution in [3.05, 3.63) is 57.9 Å². The average Bonchev–Trinajstić information content (AvgIpc) is 2.91. The lowest BCUT2D eigenvalue weighted by Gasteiger charge is -2.28. The van der Waals surface area contributed by atoms with Crippen molar-refractivity contribution >= 4 is 18.7 Å². The molecule has 0 amide bonds. The fourth-order valence-electron chi connectivity index (χ4n) is 4.65. The molecular formula is C26H39BClNO4. The van der Waals surface area contributed by atoms with Crippen LogP contribution in [0.5, 0.6) is 0 Å². The molecule has 7 heteroatoms. The average molecular weight is 476 g/mol. The van der Waals surface area contributed by atoms with Gasteiger partial charge in [-0.05, 0) is 63.4 Å². The number of hydrogen-bond acceptors (Lipinski definition) is 5. The summed E-state index contributed by atoms with van der Waals surface area (Å²) in [6.45, 7) is 14.4. The zero-order valence-corrected chi connectivity index (χ0v) is 21.9. The Labute approximate surface area is 205 Å². The van der Waals surface area contributed by atoms with Gasteiger partial charge in [-0.3, -0.25) is 0 Å². The van der Waals surface area contributed by atoms with Crippen molar-refractivity contribution in [3.8, 4) is 0 Å². The van der Waals surface area contributed by atoms with E-state index in [2.05, 4.69) is 70.9 Å². The molecule has 33 heavy (non-hydrogen) atoms. The van der Waals surface area contributed by atoms with E-state index in [0.717, 1.165) is 36.2 Å². The Balaban J connectivity index is 1.52. The van der Waals surface area contributed by atoms with E-state index >= 15 is 0 Å². The quantitative estimate of drug-likeness (QED) is 0.344. The van der Waals surface area contributed by atoms with E-state index in [4.69, 9.17) is 30.4 Å². The number of halogens is 1. The van der Waals surface area contributed by atoms with Gasteiger partial charge in [0.1, 0.15) is 12.4 Å². The van der Waals surface area contributed by atoms with Crippen molar-refractivity contribution in [2.24, 2.45) is 5.92 Å². The summed E-state index contributed by atoms with van der Waals surface area (Å²) in [6, 6.07) is 0. The Hall–Kier alpha value is -1.47. The van der Waals surface area contributed by atoms with Crippen LogP contribution in [0.2, 0.25) is 0 Å². The molecule has 0 aromatic heterocycles. The Morgan fingerprint density at radius 1 is 1.21 bits per heavy atom. The molecule has 1 saturated heterocycles. The van der Waals surface area contributed by atoms with Gasteiger partial charge in [0.05, 0.1) is 29.4 Å². The number of likely N-dealkylation sites (N-methyl/N-ethyl adjacent to an activating group) is 1. The smallest absolute Gasteiger partial charge is 0.494 e. The molecule has 0 aromatic rings. The molecule has 1 fully saturated rings. The Bertz CT molecular complexity index is 858. The maximum absolute atomic E-state index is 6.46. The minimum atomic E-state index is -0.365. The number of hydrogen-bond donors (Lipinski definition) is 0. The van der Waals surface area contributed by atoms with E-state index in [9.17, 15) is 0 Å². The van der Waals surface area contributed by atoms with Crippen LogP contribution in [-0.4, -0.2) is 56.6 Å². The van der Waals surface area contributed by atoms with Crippen LogP contribution in [0.1, 0.15) is 54.4 Å². The highest BCUT2D eigenvalue weighted by molar-refractivity contribution is 6.55. The Kier molecular flexibility index (Phi) is 8.96. The van der Waals surface area contributed by atoms with Gasteiger partial charge < -0.3 is 23.7 Å². The summed E-state index contributed by atoms with van der Waals surface area (Å²) < 4.78 is 24.6. The SMILES string of the molecule is CC1=CC(Cl)=C(OCCOC2C=CC(B3OC(C(C)C)C(C)(C)O3)=CN(C)C2)CCC(C)=C1. The molecule has 1 aliphatic carbocycles. The van der Waals surface area contributed by atoms with Crippen molar-refractivity contribution in [1.82, 2.24) is 4.90 Å². The highest BCUT2D eigenvalue weighted by atomic mass is 35.5.